The summed E-state index contributed by atoms with van der Waals surface area (Å²) in [5.74, 6) is 2.04. The predicted octanol–water partition coefficient (Wildman–Crippen LogP) is 0.720. The average Bonchev–Trinajstić information content (AvgIpc) is 2.01. The van der Waals surface area contributed by atoms with Gasteiger partial charge in [0.1, 0.15) is 5.82 Å². The molecule has 0 spiro atoms. The van der Waals surface area contributed by atoms with Gasteiger partial charge < -0.3 is 11.5 Å². The molecule has 78 valence electrons. The molecular weight excluding hydrogens is 198 g/mol. The smallest absolute Gasteiger partial charge is 0.225 e. The third-order valence-electron chi connectivity index (χ3n) is 1.49. The van der Waals surface area contributed by atoms with Crippen LogP contribution in [-0.2, 0) is 6.42 Å². The molecule has 0 saturated carbocycles. The molecule has 0 saturated heterocycles. The molecule has 6 heteroatoms. The van der Waals surface area contributed by atoms with Gasteiger partial charge in [-0.25, -0.2) is 0 Å². The summed E-state index contributed by atoms with van der Waals surface area (Å²) < 4.78 is 0. The van der Waals surface area contributed by atoms with Crippen molar-refractivity contribution in [1.82, 2.24) is 15.0 Å². The van der Waals surface area contributed by atoms with Crippen molar-refractivity contribution in [2.75, 3.05) is 17.2 Å². The van der Waals surface area contributed by atoms with Gasteiger partial charge in [0.05, 0.1) is 0 Å². The van der Waals surface area contributed by atoms with E-state index in [1.165, 1.54) is 0 Å². The molecule has 1 heterocycles. The Morgan fingerprint density at radius 1 is 1.14 bits per heavy atom. The number of rotatable bonds is 4. The Hall–Kier alpha value is -1.04. The molecule has 5 nitrogen and oxygen atoms in total. The van der Waals surface area contributed by atoms with Crippen LogP contribution in [0.2, 0.25) is 0 Å². The van der Waals surface area contributed by atoms with E-state index in [4.69, 9.17) is 11.5 Å². The summed E-state index contributed by atoms with van der Waals surface area (Å²) in [5, 5.41) is 0.617. The first-order valence-corrected chi connectivity index (χ1v) is 5.50. The van der Waals surface area contributed by atoms with Gasteiger partial charge in [0, 0.05) is 12.2 Å². The maximum atomic E-state index is 5.44. The summed E-state index contributed by atoms with van der Waals surface area (Å²) >= 11 is 1.86. The van der Waals surface area contributed by atoms with Crippen molar-refractivity contribution in [3.8, 4) is 0 Å². The fourth-order valence-corrected chi connectivity index (χ4v) is 1.73. The molecule has 0 radical (unpaired) electrons. The van der Waals surface area contributed by atoms with Crippen LogP contribution >= 0.6 is 11.8 Å². The molecule has 0 aliphatic carbocycles. The summed E-state index contributed by atoms with van der Waals surface area (Å²) in [4.78, 5) is 11.7. The van der Waals surface area contributed by atoms with Gasteiger partial charge in [0.25, 0.3) is 0 Å². The highest BCUT2D eigenvalue weighted by Crippen LogP contribution is 2.11. The first kappa shape index (κ1) is 11.0. The van der Waals surface area contributed by atoms with Crippen molar-refractivity contribution in [1.29, 1.82) is 0 Å². The zero-order valence-corrected chi connectivity index (χ0v) is 9.21. The normalized spacial score (nSPS) is 10.8. The van der Waals surface area contributed by atoms with Crippen molar-refractivity contribution < 1.29 is 0 Å². The number of aromatic nitrogens is 3. The second-order valence-corrected chi connectivity index (χ2v) is 4.82. The van der Waals surface area contributed by atoms with E-state index in [0.29, 0.717) is 11.1 Å². The van der Waals surface area contributed by atoms with E-state index in [2.05, 4.69) is 28.8 Å². The molecule has 1 aromatic heterocycles. The Labute approximate surface area is 87.7 Å². The van der Waals surface area contributed by atoms with Crippen LogP contribution in [-0.4, -0.2) is 26.0 Å². The van der Waals surface area contributed by atoms with Crippen LogP contribution < -0.4 is 11.5 Å². The number of nitrogens with two attached hydrogens (primary N) is 2. The molecule has 0 atom stereocenters. The zero-order chi connectivity index (χ0) is 10.6. The van der Waals surface area contributed by atoms with Crippen LogP contribution in [0.25, 0.3) is 0 Å². The highest BCUT2D eigenvalue weighted by atomic mass is 32.2. The number of nitrogens with zero attached hydrogens (tertiary/aromatic N) is 3. The van der Waals surface area contributed by atoms with Crippen molar-refractivity contribution in [3.05, 3.63) is 5.82 Å². The Balaban J connectivity index is 2.50. The van der Waals surface area contributed by atoms with Gasteiger partial charge in [0.2, 0.25) is 11.9 Å². The van der Waals surface area contributed by atoms with Gasteiger partial charge in [0.15, 0.2) is 0 Å². The maximum absolute atomic E-state index is 5.44. The van der Waals surface area contributed by atoms with Crippen LogP contribution in [0.15, 0.2) is 0 Å². The fraction of sp³-hybridized carbons (Fsp3) is 0.625. The number of aryl methyl sites for hydroxylation is 1. The summed E-state index contributed by atoms with van der Waals surface area (Å²) in [5.41, 5.74) is 10.9. The summed E-state index contributed by atoms with van der Waals surface area (Å²) in [6.07, 6.45) is 0.778. The van der Waals surface area contributed by atoms with E-state index in [1.807, 2.05) is 11.8 Å². The fourth-order valence-electron chi connectivity index (χ4n) is 0.955. The quantitative estimate of drug-likeness (QED) is 0.766. The number of anilines is 2. The molecule has 0 fully saturated rings. The Morgan fingerprint density at radius 3 is 2.21 bits per heavy atom. The Morgan fingerprint density at radius 2 is 1.71 bits per heavy atom. The summed E-state index contributed by atoms with van der Waals surface area (Å²) in [6.45, 7) is 4.31. The van der Waals surface area contributed by atoms with E-state index in [0.717, 1.165) is 12.2 Å². The molecule has 0 bridgehead atoms. The first-order chi connectivity index (χ1) is 6.58. The maximum Gasteiger partial charge on any atom is 0.225 e. The third-order valence-corrected chi connectivity index (χ3v) is 2.60. The van der Waals surface area contributed by atoms with E-state index in [9.17, 15) is 0 Å². The Kier molecular flexibility index (Phi) is 3.94. The standard InChI is InChI=1S/C8H15N5S/c1-5(2)14-4-3-6-11-7(9)13-8(10)12-6/h5H,3-4H2,1-2H3,(H4,9,10,11,12,13). The molecule has 14 heavy (non-hydrogen) atoms. The molecule has 0 aliphatic heterocycles. The molecule has 0 aromatic carbocycles. The zero-order valence-electron chi connectivity index (χ0n) is 8.40. The highest BCUT2D eigenvalue weighted by molar-refractivity contribution is 7.99. The van der Waals surface area contributed by atoms with Crippen LogP contribution in [0.3, 0.4) is 0 Å². The lowest BCUT2D eigenvalue weighted by atomic mass is 10.4. The third kappa shape index (κ3) is 3.78. The Bertz CT molecular complexity index is 282. The molecular formula is C8H15N5S. The van der Waals surface area contributed by atoms with Crippen molar-refractivity contribution in [2.45, 2.75) is 25.5 Å². The van der Waals surface area contributed by atoms with Gasteiger partial charge >= 0.3 is 0 Å². The lowest BCUT2D eigenvalue weighted by Gasteiger charge is -2.04. The second kappa shape index (κ2) is 4.99. The number of hydrogen-bond acceptors (Lipinski definition) is 6. The monoisotopic (exact) mass is 213 g/mol. The number of thioether (sulfide) groups is 1. The molecule has 4 N–H and O–H groups in total. The van der Waals surface area contributed by atoms with E-state index >= 15 is 0 Å². The molecule has 0 unspecified atom stereocenters. The topological polar surface area (TPSA) is 90.7 Å². The molecule has 0 amide bonds. The van der Waals surface area contributed by atoms with Gasteiger partial charge in [-0.15, -0.1) is 0 Å². The van der Waals surface area contributed by atoms with Crippen molar-refractivity contribution >= 4 is 23.7 Å². The number of nitrogen functional groups attached to an aromatic ring is 2. The summed E-state index contributed by atoms with van der Waals surface area (Å²) in [7, 11) is 0. The minimum absolute atomic E-state index is 0.196. The largest absolute Gasteiger partial charge is 0.368 e. The van der Waals surface area contributed by atoms with Gasteiger partial charge in [-0.1, -0.05) is 13.8 Å². The van der Waals surface area contributed by atoms with Gasteiger partial charge in [-0.2, -0.15) is 26.7 Å². The minimum Gasteiger partial charge on any atom is -0.368 e. The van der Waals surface area contributed by atoms with Gasteiger partial charge in [-0.3, -0.25) is 0 Å². The lowest BCUT2D eigenvalue weighted by Crippen LogP contribution is -2.08. The van der Waals surface area contributed by atoms with Crippen molar-refractivity contribution in [3.63, 3.8) is 0 Å². The summed E-state index contributed by atoms with van der Waals surface area (Å²) in [6, 6.07) is 0. The van der Waals surface area contributed by atoms with Gasteiger partial charge in [-0.05, 0) is 5.25 Å². The highest BCUT2D eigenvalue weighted by Gasteiger charge is 2.02. The SMILES string of the molecule is CC(C)SCCc1nc(N)nc(N)n1. The average molecular weight is 213 g/mol. The van der Waals surface area contributed by atoms with Crippen LogP contribution in [0.5, 0.6) is 0 Å². The molecule has 0 aliphatic rings. The van der Waals surface area contributed by atoms with Crippen molar-refractivity contribution in [2.24, 2.45) is 0 Å². The molecule has 1 rings (SSSR count). The minimum atomic E-state index is 0.196. The number of hydrogen-bond donors (Lipinski definition) is 2. The lowest BCUT2D eigenvalue weighted by molar-refractivity contribution is 0.920. The van der Waals surface area contributed by atoms with Crippen LogP contribution in [0, 0.1) is 0 Å². The van der Waals surface area contributed by atoms with Crippen LogP contribution in [0.4, 0.5) is 11.9 Å². The van der Waals surface area contributed by atoms with Crippen LogP contribution in [0.1, 0.15) is 19.7 Å². The predicted molar refractivity (Wildman–Crippen MR) is 59.9 cm³/mol. The van der Waals surface area contributed by atoms with E-state index < -0.39 is 0 Å². The second-order valence-electron chi connectivity index (χ2n) is 3.14. The van der Waals surface area contributed by atoms with E-state index in [1.54, 1.807) is 0 Å². The molecule has 1 aromatic rings. The van der Waals surface area contributed by atoms with E-state index in [-0.39, 0.29) is 11.9 Å². The first-order valence-electron chi connectivity index (χ1n) is 4.45.